The zero-order valence-corrected chi connectivity index (χ0v) is 39.7. The molecule has 7 nitrogen and oxygen atoms in total. The van der Waals surface area contributed by atoms with Gasteiger partial charge in [-0.15, -0.1) is 0 Å². The second kappa shape index (κ2) is 48.3. The fraction of sp³-hybridized carbons (Fsp3) is 0.655. The topological polar surface area (TPSA) is 119 Å². The molecule has 1 amide bonds. The molecule has 0 fully saturated rings. The predicted octanol–water partition coefficient (Wildman–Crippen LogP) is 15.0. The molecule has 0 aliphatic carbocycles. The number of carboxylic acid groups (broad SMARTS) is 1. The summed E-state index contributed by atoms with van der Waals surface area (Å²) in [6.45, 7) is 4.72. The zero-order chi connectivity index (χ0) is 45.2. The molecule has 0 saturated heterocycles. The number of carbonyl (C=O) groups is 3. The largest absolute Gasteiger partial charge is 0.480 e. The second-order valence-corrected chi connectivity index (χ2v) is 16.5. The van der Waals surface area contributed by atoms with Crippen molar-refractivity contribution in [3.63, 3.8) is 0 Å². The molecule has 0 spiro atoms. The monoisotopic (exact) mass is 861 g/mol. The fourth-order valence-electron chi connectivity index (χ4n) is 6.96. The first-order chi connectivity index (χ1) is 30.4. The molecule has 0 bridgehead atoms. The molecule has 0 aromatic rings. The minimum absolute atomic E-state index is 0.0381. The smallest absolute Gasteiger partial charge is 0.326 e. The fourth-order valence-corrected chi connectivity index (χ4v) is 6.96. The summed E-state index contributed by atoms with van der Waals surface area (Å²) in [5.41, 5.74) is 5.50. The average molecular weight is 861 g/mol. The van der Waals surface area contributed by atoms with Gasteiger partial charge < -0.3 is 20.9 Å². The van der Waals surface area contributed by atoms with Gasteiger partial charge in [0.15, 0.2) is 0 Å². The van der Waals surface area contributed by atoms with Crippen molar-refractivity contribution in [1.29, 1.82) is 0 Å². The molecule has 0 heterocycles. The van der Waals surface area contributed by atoms with Crippen molar-refractivity contribution in [3.05, 3.63) is 97.2 Å². The third kappa shape index (κ3) is 44.3. The number of rotatable bonds is 44. The van der Waals surface area contributed by atoms with Crippen LogP contribution in [-0.4, -0.2) is 41.6 Å². The van der Waals surface area contributed by atoms with E-state index in [4.69, 9.17) is 10.5 Å². The molecule has 0 aromatic carbocycles. The second-order valence-electron chi connectivity index (χ2n) is 16.5. The van der Waals surface area contributed by atoms with Gasteiger partial charge in [-0.2, -0.15) is 0 Å². The van der Waals surface area contributed by atoms with Crippen LogP contribution in [0.4, 0.5) is 0 Å². The van der Waals surface area contributed by atoms with Crippen LogP contribution in [0.25, 0.3) is 0 Å². The molecule has 0 aromatic heterocycles. The van der Waals surface area contributed by atoms with Crippen molar-refractivity contribution in [2.75, 3.05) is 6.54 Å². The highest BCUT2D eigenvalue weighted by Crippen LogP contribution is 2.18. The zero-order valence-electron chi connectivity index (χ0n) is 39.7. The summed E-state index contributed by atoms with van der Waals surface area (Å²) < 4.78 is 6.06. The van der Waals surface area contributed by atoms with Gasteiger partial charge in [0.05, 0.1) is 0 Å². The van der Waals surface area contributed by atoms with Crippen LogP contribution >= 0.6 is 0 Å². The minimum Gasteiger partial charge on any atom is -0.480 e. The van der Waals surface area contributed by atoms with Crippen molar-refractivity contribution in [1.82, 2.24) is 5.32 Å². The van der Waals surface area contributed by atoms with E-state index < -0.39 is 12.0 Å². The van der Waals surface area contributed by atoms with Crippen LogP contribution in [-0.2, 0) is 19.1 Å². The summed E-state index contributed by atoms with van der Waals surface area (Å²) in [6, 6.07) is -0.868. The maximum atomic E-state index is 12.9. The van der Waals surface area contributed by atoms with Crippen LogP contribution < -0.4 is 11.1 Å². The Labute approximate surface area is 380 Å². The van der Waals surface area contributed by atoms with Crippen molar-refractivity contribution < 1.29 is 24.2 Å². The number of hydrogen-bond acceptors (Lipinski definition) is 5. The molecule has 7 heteroatoms. The molecular weight excluding hydrogens is 769 g/mol. The van der Waals surface area contributed by atoms with Crippen molar-refractivity contribution >= 4 is 17.8 Å². The van der Waals surface area contributed by atoms with Gasteiger partial charge >= 0.3 is 11.9 Å². The SMILES string of the molecule is CC/C=C\C/C=C\C/C=C\C/C=C\CCCCCCCCCCC(=O)OC(CCCC/C=C\C/C=C\C/C=C\C/C=C\CC)CCCCCCCC(=O)NC(CCCN)C(=O)O. The van der Waals surface area contributed by atoms with E-state index >= 15 is 0 Å². The Hall–Kier alpha value is -3.71. The van der Waals surface area contributed by atoms with Crippen LogP contribution in [0.15, 0.2) is 97.2 Å². The van der Waals surface area contributed by atoms with Gasteiger partial charge in [-0.25, -0.2) is 4.79 Å². The van der Waals surface area contributed by atoms with Gasteiger partial charge in [0, 0.05) is 12.8 Å². The van der Waals surface area contributed by atoms with Gasteiger partial charge in [0.1, 0.15) is 12.1 Å². The Morgan fingerprint density at radius 1 is 0.468 bits per heavy atom. The molecule has 0 rings (SSSR count). The number of carboxylic acids is 1. The summed E-state index contributed by atoms with van der Waals surface area (Å²) >= 11 is 0. The number of aliphatic carboxylic acids is 1. The quantitative estimate of drug-likeness (QED) is 0.0319. The number of hydrogen-bond donors (Lipinski definition) is 3. The van der Waals surface area contributed by atoms with E-state index in [1.54, 1.807) is 0 Å². The Morgan fingerprint density at radius 3 is 1.29 bits per heavy atom. The van der Waals surface area contributed by atoms with E-state index in [1.165, 1.54) is 44.9 Å². The molecule has 0 radical (unpaired) electrons. The minimum atomic E-state index is -1.01. The van der Waals surface area contributed by atoms with Crippen LogP contribution in [0.5, 0.6) is 0 Å². The molecule has 0 saturated carbocycles. The van der Waals surface area contributed by atoms with Crippen LogP contribution in [0.1, 0.15) is 213 Å². The van der Waals surface area contributed by atoms with Crippen molar-refractivity contribution in [2.24, 2.45) is 5.73 Å². The number of unbranched alkanes of at least 4 members (excludes halogenated alkanes) is 14. The number of allylic oxidation sites excluding steroid dienone is 16. The lowest BCUT2D eigenvalue weighted by molar-refractivity contribution is -0.150. The normalized spacial score (nSPS) is 13.5. The van der Waals surface area contributed by atoms with Gasteiger partial charge in [-0.05, 0) is 135 Å². The molecule has 62 heavy (non-hydrogen) atoms. The lowest BCUT2D eigenvalue weighted by Gasteiger charge is -2.18. The number of ether oxygens (including phenoxy) is 1. The highest BCUT2D eigenvalue weighted by atomic mass is 16.5. The number of nitrogens with two attached hydrogens (primary N) is 1. The summed E-state index contributed by atoms with van der Waals surface area (Å²) in [5, 5.41) is 12.0. The predicted molar refractivity (Wildman–Crippen MR) is 266 cm³/mol. The number of amides is 1. The van der Waals surface area contributed by atoms with E-state index in [2.05, 4.69) is 116 Å². The Balaban J connectivity index is 4.39. The highest BCUT2D eigenvalue weighted by Gasteiger charge is 2.19. The Morgan fingerprint density at radius 2 is 0.839 bits per heavy atom. The summed E-state index contributed by atoms with van der Waals surface area (Å²) in [4.78, 5) is 36.6. The van der Waals surface area contributed by atoms with Gasteiger partial charge in [-0.1, -0.05) is 169 Å². The van der Waals surface area contributed by atoms with E-state index in [1.807, 2.05) is 0 Å². The van der Waals surface area contributed by atoms with E-state index in [0.29, 0.717) is 32.2 Å². The first-order valence-electron chi connectivity index (χ1n) is 25.1. The number of esters is 1. The number of nitrogens with one attached hydrogen (secondary N) is 1. The highest BCUT2D eigenvalue weighted by molar-refractivity contribution is 5.83. The molecule has 0 aliphatic heterocycles. The molecule has 4 N–H and O–H groups in total. The van der Waals surface area contributed by atoms with Gasteiger partial charge in [0.2, 0.25) is 5.91 Å². The van der Waals surface area contributed by atoms with E-state index in [0.717, 1.165) is 128 Å². The molecule has 352 valence electrons. The maximum absolute atomic E-state index is 12.9. The molecule has 0 aliphatic rings. The summed E-state index contributed by atoms with van der Waals surface area (Å²) in [7, 11) is 0. The maximum Gasteiger partial charge on any atom is 0.326 e. The Bertz CT molecular complexity index is 1290. The third-order valence-electron chi connectivity index (χ3n) is 10.6. The van der Waals surface area contributed by atoms with E-state index in [-0.39, 0.29) is 18.0 Å². The van der Waals surface area contributed by atoms with Gasteiger partial charge in [-0.3, -0.25) is 9.59 Å². The average Bonchev–Trinajstić information content (AvgIpc) is 3.26. The number of carbonyl (C=O) groups excluding carboxylic acids is 2. The lowest BCUT2D eigenvalue weighted by Crippen LogP contribution is -2.40. The summed E-state index contributed by atoms with van der Waals surface area (Å²) in [6.07, 6.45) is 66.0. The van der Waals surface area contributed by atoms with E-state index in [9.17, 15) is 19.5 Å². The summed E-state index contributed by atoms with van der Waals surface area (Å²) in [5.74, 6) is -1.28. The first kappa shape index (κ1) is 58.3. The standard InChI is InChI=1S/C55H92N2O5/c1-3-5-7-9-11-13-15-17-19-20-21-22-23-24-26-28-30-32-34-39-43-49-54(59)62-51(45-40-36-33-31-29-27-25-18-16-14-12-10-8-6-4-2)46-41-37-35-38-42-48-53(58)57-52(55(60)61)47-44-50-56/h5-8,11-14,17-19,21-22,25,29,31,51-52H,3-4,9-10,15-16,20,23-24,26-28,30,32-50,56H2,1-2H3,(H,57,58)(H,60,61)/b7-5-,8-6-,13-11-,14-12-,19-17-,22-21-,25-18-,31-29-. The molecule has 2 unspecified atom stereocenters. The first-order valence-corrected chi connectivity index (χ1v) is 25.1. The third-order valence-corrected chi connectivity index (χ3v) is 10.6. The molecule has 2 atom stereocenters. The van der Waals surface area contributed by atoms with Crippen molar-refractivity contribution in [2.45, 2.75) is 225 Å². The van der Waals surface area contributed by atoms with Gasteiger partial charge in [0.25, 0.3) is 0 Å². The van der Waals surface area contributed by atoms with Crippen LogP contribution in [0.3, 0.4) is 0 Å². The van der Waals surface area contributed by atoms with Crippen LogP contribution in [0.2, 0.25) is 0 Å². The van der Waals surface area contributed by atoms with Crippen LogP contribution in [0, 0.1) is 0 Å². The Kier molecular flexibility index (Phi) is 45.4. The lowest BCUT2D eigenvalue weighted by atomic mass is 10.0. The van der Waals surface area contributed by atoms with Crippen molar-refractivity contribution in [3.8, 4) is 0 Å². The molecular formula is C55H92N2O5.